The zero-order valence-corrected chi connectivity index (χ0v) is 14.1. The molecule has 0 saturated heterocycles. The first-order valence-electron chi connectivity index (χ1n) is 6.75. The van der Waals surface area contributed by atoms with Gasteiger partial charge in [-0.05, 0) is 24.6 Å². The molecule has 0 heterocycles. The summed E-state index contributed by atoms with van der Waals surface area (Å²) in [5, 5.41) is 3.37. The zero-order valence-electron chi connectivity index (χ0n) is 12.5. The summed E-state index contributed by atoms with van der Waals surface area (Å²) < 4.78 is 6.84. The van der Waals surface area contributed by atoms with Crippen molar-refractivity contribution in [2.75, 3.05) is 6.61 Å². The number of hydrogen-bond donors (Lipinski definition) is 2. The molecule has 3 N–H and O–H groups in total. The van der Waals surface area contributed by atoms with Crippen molar-refractivity contribution in [3.05, 3.63) is 27.7 Å². The Bertz CT molecular complexity index is 475. The predicted octanol–water partition coefficient (Wildman–Crippen LogP) is 2.76. The summed E-state index contributed by atoms with van der Waals surface area (Å²) in [5.41, 5.74) is 7.37. The fourth-order valence-electron chi connectivity index (χ4n) is 1.74. The number of hydrogen-bond acceptors (Lipinski definition) is 3. The molecule has 20 heavy (non-hydrogen) atoms. The molecular weight excluding hydrogens is 320 g/mol. The van der Waals surface area contributed by atoms with Crippen LogP contribution in [0.25, 0.3) is 0 Å². The van der Waals surface area contributed by atoms with Crippen molar-refractivity contribution in [2.45, 2.75) is 40.3 Å². The van der Waals surface area contributed by atoms with Crippen LogP contribution in [-0.2, 0) is 11.3 Å². The van der Waals surface area contributed by atoms with Gasteiger partial charge in [0.15, 0.2) is 0 Å². The number of aryl methyl sites for hydroxylation is 1. The third-order valence-electron chi connectivity index (χ3n) is 2.98. The summed E-state index contributed by atoms with van der Waals surface area (Å²) in [6, 6.07) is 4.43. The van der Waals surface area contributed by atoms with Crippen LogP contribution in [0.2, 0.25) is 0 Å². The first kappa shape index (κ1) is 17.0. The molecule has 0 aliphatic carbocycles. The van der Waals surface area contributed by atoms with E-state index in [1.807, 2.05) is 19.1 Å². The Morgan fingerprint density at radius 2 is 2.05 bits per heavy atom. The number of primary amides is 1. The third-order valence-corrected chi connectivity index (χ3v) is 3.44. The van der Waals surface area contributed by atoms with E-state index in [0.717, 1.165) is 27.9 Å². The molecule has 1 atom stereocenters. The van der Waals surface area contributed by atoms with Crippen molar-refractivity contribution in [2.24, 2.45) is 11.7 Å². The van der Waals surface area contributed by atoms with Crippen molar-refractivity contribution in [3.63, 3.8) is 0 Å². The van der Waals surface area contributed by atoms with Crippen LogP contribution in [0.5, 0.6) is 5.75 Å². The zero-order chi connectivity index (χ0) is 15.3. The molecule has 0 aliphatic rings. The van der Waals surface area contributed by atoms with Crippen LogP contribution in [0, 0.1) is 12.8 Å². The topological polar surface area (TPSA) is 64.3 Å². The second-order valence-electron chi connectivity index (χ2n) is 5.36. The number of rotatable bonds is 7. The molecule has 0 spiro atoms. The monoisotopic (exact) mass is 342 g/mol. The smallest absolute Gasteiger partial charge is 0.223 e. The largest absolute Gasteiger partial charge is 0.492 e. The molecule has 0 aliphatic heterocycles. The minimum Gasteiger partial charge on any atom is -0.492 e. The predicted molar refractivity (Wildman–Crippen MR) is 84.7 cm³/mol. The molecule has 112 valence electrons. The van der Waals surface area contributed by atoms with Crippen molar-refractivity contribution in [1.82, 2.24) is 5.32 Å². The summed E-state index contributed by atoms with van der Waals surface area (Å²) in [4.78, 5) is 11.1. The lowest BCUT2D eigenvalue weighted by atomic mass is 10.1. The lowest BCUT2D eigenvalue weighted by molar-refractivity contribution is -0.122. The summed E-state index contributed by atoms with van der Waals surface area (Å²) >= 11 is 3.50. The van der Waals surface area contributed by atoms with Gasteiger partial charge in [0.25, 0.3) is 0 Å². The molecule has 5 heteroatoms. The van der Waals surface area contributed by atoms with E-state index in [-0.39, 0.29) is 11.8 Å². The lowest BCUT2D eigenvalue weighted by Crippen LogP contribution is -2.26. The van der Waals surface area contributed by atoms with Gasteiger partial charge in [0.2, 0.25) is 5.91 Å². The van der Waals surface area contributed by atoms with Crippen molar-refractivity contribution in [1.29, 1.82) is 0 Å². The van der Waals surface area contributed by atoms with Gasteiger partial charge in [-0.15, -0.1) is 0 Å². The van der Waals surface area contributed by atoms with Crippen LogP contribution >= 0.6 is 15.9 Å². The first-order valence-corrected chi connectivity index (χ1v) is 7.55. The average molecular weight is 343 g/mol. The van der Waals surface area contributed by atoms with E-state index in [9.17, 15) is 4.79 Å². The van der Waals surface area contributed by atoms with Gasteiger partial charge in [-0.2, -0.15) is 0 Å². The van der Waals surface area contributed by atoms with E-state index in [0.29, 0.717) is 12.6 Å². The van der Waals surface area contributed by atoms with E-state index in [1.165, 1.54) is 0 Å². The van der Waals surface area contributed by atoms with Crippen LogP contribution in [0.15, 0.2) is 16.6 Å². The maximum atomic E-state index is 11.1. The van der Waals surface area contributed by atoms with E-state index >= 15 is 0 Å². The number of nitrogens with two attached hydrogens (primary N) is 1. The Morgan fingerprint density at radius 3 is 2.60 bits per heavy atom. The normalized spacial score (nSPS) is 12.5. The number of carbonyl (C=O) groups excluding carboxylic acids is 1. The number of carbonyl (C=O) groups is 1. The van der Waals surface area contributed by atoms with Crippen molar-refractivity contribution >= 4 is 21.8 Å². The molecule has 0 radical (unpaired) electrons. The number of ether oxygens (including phenoxy) is 1. The molecule has 0 bridgehead atoms. The standard InChI is InChI=1S/C15H23BrN2O2/c1-9(2)18-7-12-6-13(16)5-10(3)14(12)20-8-11(4)15(17)19/h5-6,9,11,18H,7-8H2,1-4H3,(H2,17,19). The van der Waals surface area contributed by atoms with E-state index < -0.39 is 0 Å². The second-order valence-corrected chi connectivity index (χ2v) is 6.28. The van der Waals surface area contributed by atoms with Gasteiger partial charge in [0.05, 0.1) is 12.5 Å². The minimum atomic E-state index is -0.346. The molecule has 0 aromatic heterocycles. The molecule has 1 amide bonds. The Kier molecular flexibility index (Phi) is 6.49. The maximum Gasteiger partial charge on any atom is 0.223 e. The van der Waals surface area contributed by atoms with Gasteiger partial charge in [-0.3, -0.25) is 4.79 Å². The minimum absolute atomic E-state index is 0.298. The summed E-state index contributed by atoms with van der Waals surface area (Å²) in [6.45, 7) is 8.97. The van der Waals surface area contributed by atoms with Crippen LogP contribution in [0.3, 0.4) is 0 Å². The second kappa shape index (κ2) is 7.64. The molecule has 4 nitrogen and oxygen atoms in total. The highest BCUT2D eigenvalue weighted by Crippen LogP contribution is 2.28. The van der Waals surface area contributed by atoms with Crippen LogP contribution in [0.4, 0.5) is 0 Å². The number of amides is 1. The van der Waals surface area contributed by atoms with Crippen LogP contribution in [-0.4, -0.2) is 18.6 Å². The Labute approximate surface area is 129 Å². The van der Waals surface area contributed by atoms with Crippen LogP contribution < -0.4 is 15.8 Å². The first-order chi connectivity index (χ1) is 9.31. The highest BCUT2D eigenvalue weighted by Gasteiger charge is 2.14. The van der Waals surface area contributed by atoms with Crippen molar-refractivity contribution in [3.8, 4) is 5.75 Å². The highest BCUT2D eigenvalue weighted by molar-refractivity contribution is 9.10. The Hall–Kier alpha value is -1.07. The van der Waals surface area contributed by atoms with Gasteiger partial charge in [-0.25, -0.2) is 0 Å². The Morgan fingerprint density at radius 1 is 1.40 bits per heavy atom. The van der Waals surface area contributed by atoms with E-state index in [2.05, 4.69) is 35.1 Å². The van der Waals surface area contributed by atoms with Gasteiger partial charge >= 0.3 is 0 Å². The summed E-state index contributed by atoms with van der Waals surface area (Å²) in [7, 11) is 0. The van der Waals surface area contributed by atoms with Gasteiger partial charge < -0.3 is 15.8 Å². The molecular formula is C15H23BrN2O2. The third kappa shape index (κ3) is 5.13. The number of benzene rings is 1. The number of nitrogens with one attached hydrogen (secondary N) is 1. The molecule has 0 fully saturated rings. The molecule has 0 saturated carbocycles. The molecule has 1 aromatic rings. The van der Waals surface area contributed by atoms with E-state index in [4.69, 9.17) is 10.5 Å². The average Bonchev–Trinajstić information content (AvgIpc) is 2.34. The maximum absolute atomic E-state index is 11.1. The van der Waals surface area contributed by atoms with Gasteiger partial charge in [-0.1, -0.05) is 36.7 Å². The van der Waals surface area contributed by atoms with E-state index in [1.54, 1.807) is 6.92 Å². The fraction of sp³-hybridized carbons (Fsp3) is 0.533. The van der Waals surface area contributed by atoms with Crippen molar-refractivity contribution < 1.29 is 9.53 Å². The molecule has 1 rings (SSSR count). The molecule has 1 aromatic carbocycles. The summed E-state index contributed by atoms with van der Waals surface area (Å²) in [5.74, 6) is 0.181. The van der Waals surface area contributed by atoms with Gasteiger partial charge in [0, 0.05) is 22.6 Å². The SMILES string of the molecule is Cc1cc(Br)cc(CNC(C)C)c1OCC(C)C(N)=O. The highest BCUT2D eigenvalue weighted by atomic mass is 79.9. The number of halogens is 1. The van der Waals surface area contributed by atoms with Crippen LogP contribution in [0.1, 0.15) is 31.9 Å². The lowest BCUT2D eigenvalue weighted by Gasteiger charge is -2.18. The van der Waals surface area contributed by atoms with Gasteiger partial charge in [0.1, 0.15) is 5.75 Å². The fourth-order valence-corrected chi connectivity index (χ4v) is 2.36. The summed E-state index contributed by atoms with van der Waals surface area (Å²) in [6.07, 6.45) is 0. The quantitative estimate of drug-likeness (QED) is 0.800. The molecule has 1 unspecified atom stereocenters. The Balaban J connectivity index is 2.88.